The fourth-order valence-corrected chi connectivity index (χ4v) is 2.17. The van der Waals surface area contributed by atoms with Crippen molar-refractivity contribution in [3.8, 4) is 5.75 Å². The molecule has 106 valence electrons. The van der Waals surface area contributed by atoms with Crippen molar-refractivity contribution in [3.63, 3.8) is 0 Å². The summed E-state index contributed by atoms with van der Waals surface area (Å²) in [4.78, 5) is 10.6. The Kier molecular flexibility index (Phi) is 4.62. The highest BCUT2D eigenvalue weighted by Crippen LogP contribution is 2.19. The summed E-state index contributed by atoms with van der Waals surface area (Å²) in [6.07, 6.45) is 0. The van der Waals surface area contributed by atoms with Crippen molar-refractivity contribution >= 4 is 17.7 Å². The van der Waals surface area contributed by atoms with Crippen molar-refractivity contribution in [2.24, 2.45) is 5.73 Å². The quantitative estimate of drug-likeness (QED) is 0.817. The zero-order valence-electron chi connectivity index (χ0n) is 11.3. The number of amides is 1. The first kappa shape index (κ1) is 14.4. The molecule has 6 nitrogen and oxygen atoms in total. The van der Waals surface area contributed by atoms with Crippen LogP contribution in [0.4, 0.5) is 0 Å². The third kappa shape index (κ3) is 4.27. The number of nitrogens with zero attached hydrogens (tertiary/aromatic N) is 2. The SMILES string of the molecule is Cc1cc(C)cc(OCc2nnc(SCC(N)=O)o2)c1. The summed E-state index contributed by atoms with van der Waals surface area (Å²) in [5.74, 6) is 0.795. The van der Waals surface area contributed by atoms with E-state index in [1.54, 1.807) is 0 Å². The molecule has 0 fully saturated rings. The third-order valence-corrected chi connectivity index (χ3v) is 3.18. The Morgan fingerprint density at radius 1 is 1.30 bits per heavy atom. The summed E-state index contributed by atoms with van der Waals surface area (Å²) >= 11 is 1.11. The van der Waals surface area contributed by atoms with Crippen molar-refractivity contribution in [1.29, 1.82) is 0 Å². The Hall–Kier alpha value is -2.02. The molecule has 0 saturated heterocycles. The first-order valence-electron chi connectivity index (χ1n) is 5.97. The highest BCUT2D eigenvalue weighted by atomic mass is 32.2. The van der Waals surface area contributed by atoms with Gasteiger partial charge in [0.2, 0.25) is 5.91 Å². The topological polar surface area (TPSA) is 91.2 Å². The maximum absolute atomic E-state index is 10.6. The number of hydrogen-bond acceptors (Lipinski definition) is 6. The fourth-order valence-electron chi connectivity index (χ4n) is 1.65. The lowest BCUT2D eigenvalue weighted by Gasteiger charge is -2.05. The highest BCUT2D eigenvalue weighted by Gasteiger charge is 2.09. The Labute approximate surface area is 120 Å². The molecule has 0 atom stereocenters. The number of thioether (sulfide) groups is 1. The number of primary amides is 1. The zero-order chi connectivity index (χ0) is 14.5. The van der Waals surface area contributed by atoms with Crippen LogP contribution in [0.5, 0.6) is 5.75 Å². The number of hydrogen-bond donors (Lipinski definition) is 1. The van der Waals surface area contributed by atoms with Gasteiger partial charge in [-0.05, 0) is 37.1 Å². The maximum Gasteiger partial charge on any atom is 0.277 e. The summed E-state index contributed by atoms with van der Waals surface area (Å²) in [5.41, 5.74) is 7.29. The summed E-state index contributed by atoms with van der Waals surface area (Å²) in [7, 11) is 0. The van der Waals surface area contributed by atoms with E-state index in [4.69, 9.17) is 14.9 Å². The van der Waals surface area contributed by atoms with Crippen LogP contribution in [0.25, 0.3) is 0 Å². The van der Waals surface area contributed by atoms with Gasteiger partial charge in [-0.3, -0.25) is 4.79 Å². The molecule has 7 heteroatoms. The molecule has 0 spiro atoms. The average Bonchev–Trinajstić information content (AvgIpc) is 2.81. The van der Waals surface area contributed by atoms with Crippen molar-refractivity contribution in [2.45, 2.75) is 25.7 Å². The molecule has 2 rings (SSSR count). The van der Waals surface area contributed by atoms with Gasteiger partial charge in [0.25, 0.3) is 11.1 Å². The number of carbonyl (C=O) groups excluding carboxylic acids is 1. The van der Waals surface area contributed by atoms with Gasteiger partial charge in [0.1, 0.15) is 5.75 Å². The number of carbonyl (C=O) groups is 1. The average molecular weight is 293 g/mol. The molecule has 20 heavy (non-hydrogen) atoms. The molecule has 1 aromatic heterocycles. The summed E-state index contributed by atoms with van der Waals surface area (Å²) in [5, 5.41) is 7.94. The predicted molar refractivity (Wildman–Crippen MR) is 74.5 cm³/mol. The molecular weight excluding hydrogens is 278 g/mol. The molecule has 0 bridgehead atoms. The van der Waals surface area contributed by atoms with Gasteiger partial charge in [0, 0.05) is 0 Å². The van der Waals surface area contributed by atoms with Crippen LogP contribution in [0.15, 0.2) is 27.8 Å². The maximum atomic E-state index is 10.6. The lowest BCUT2D eigenvalue weighted by molar-refractivity contribution is -0.115. The molecule has 0 aliphatic rings. The highest BCUT2D eigenvalue weighted by molar-refractivity contribution is 7.99. The monoisotopic (exact) mass is 293 g/mol. The molecule has 0 saturated carbocycles. The lowest BCUT2D eigenvalue weighted by atomic mass is 10.1. The number of benzene rings is 1. The largest absolute Gasteiger partial charge is 0.484 e. The number of rotatable bonds is 6. The number of nitrogens with two attached hydrogens (primary N) is 1. The van der Waals surface area contributed by atoms with E-state index >= 15 is 0 Å². The van der Waals surface area contributed by atoms with Gasteiger partial charge < -0.3 is 14.9 Å². The van der Waals surface area contributed by atoms with Crippen molar-refractivity contribution in [3.05, 3.63) is 35.2 Å². The van der Waals surface area contributed by atoms with E-state index in [1.165, 1.54) is 0 Å². The van der Waals surface area contributed by atoms with Crippen LogP contribution in [0, 0.1) is 13.8 Å². The van der Waals surface area contributed by atoms with Gasteiger partial charge in [-0.1, -0.05) is 17.8 Å². The van der Waals surface area contributed by atoms with Crippen LogP contribution in [-0.2, 0) is 11.4 Å². The van der Waals surface area contributed by atoms with E-state index < -0.39 is 5.91 Å². The second-order valence-corrected chi connectivity index (χ2v) is 5.26. The van der Waals surface area contributed by atoms with E-state index in [0.717, 1.165) is 28.6 Å². The van der Waals surface area contributed by atoms with E-state index in [0.29, 0.717) is 11.1 Å². The van der Waals surface area contributed by atoms with E-state index in [2.05, 4.69) is 16.3 Å². The molecule has 0 radical (unpaired) electrons. The second-order valence-electron chi connectivity index (χ2n) is 4.33. The zero-order valence-corrected chi connectivity index (χ0v) is 12.1. The third-order valence-electron chi connectivity index (χ3n) is 2.34. The summed E-state index contributed by atoms with van der Waals surface area (Å²) in [6.45, 7) is 4.20. The molecule has 0 unspecified atom stereocenters. The Morgan fingerprint density at radius 3 is 2.65 bits per heavy atom. The van der Waals surface area contributed by atoms with Crippen LogP contribution in [0.1, 0.15) is 17.0 Å². The van der Waals surface area contributed by atoms with E-state index in [1.807, 2.05) is 26.0 Å². The molecule has 1 aromatic carbocycles. The van der Waals surface area contributed by atoms with Gasteiger partial charge in [0.05, 0.1) is 5.75 Å². The van der Waals surface area contributed by atoms with Crippen molar-refractivity contribution in [1.82, 2.24) is 10.2 Å². The van der Waals surface area contributed by atoms with Gasteiger partial charge in [-0.25, -0.2) is 0 Å². The Balaban J connectivity index is 1.92. The van der Waals surface area contributed by atoms with Crippen molar-refractivity contribution < 1.29 is 13.9 Å². The first-order valence-corrected chi connectivity index (χ1v) is 6.96. The van der Waals surface area contributed by atoms with Crippen molar-refractivity contribution in [2.75, 3.05) is 5.75 Å². The summed E-state index contributed by atoms with van der Waals surface area (Å²) < 4.78 is 10.9. The van der Waals surface area contributed by atoms with Gasteiger partial charge >= 0.3 is 0 Å². The molecule has 2 N–H and O–H groups in total. The van der Waals surface area contributed by atoms with Gasteiger partial charge in [0.15, 0.2) is 6.61 Å². The van der Waals surface area contributed by atoms with E-state index in [-0.39, 0.29) is 12.4 Å². The Bertz CT molecular complexity index is 592. The predicted octanol–water partition coefficient (Wildman–Crippen LogP) is 1.84. The molecule has 2 aromatic rings. The van der Waals surface area contributed by atoms with Crippen LogP contribution >= 0.6 is 11.8 Å². The van der Waals surface area contributed by atoms with Crippen LogP contribution in [0.2, 0.25) is 0 Å². The van der Waals surface area contributed by atoms with Crippen LogP contribution < -0.4 is 10.5 Å². The summed E-state index contributed by atoms with van der Waals surface area (Å²) in [6, 6.07) is 5.94. The molecule has 0 aliphatic carbocycles. The standard InChI is InChI=1S/C13H15N3O3S/c1-8-3-9(2)5-10(4-8)18-6-12-15-16-13(19-12)20-7-11(14)17/h3-5H,6-7H2,1-2H3,(H2,14,17). The lowest BCUT2D eigenvalue weighted by Crippen LogP contribution is -2.12. The molecular formula is C13H15N3O3S. The van der Waals surface area contributed by atoms with Gasteiger partial charge in [-0.2, -0.15) is 0 Å². The minimum Gasteiger partial charge on any atom is -0.484 e. The number of aromatic nitrogens is 2. The molecule has 0 aliphatic heterocycles. The molecule has 1 heterocycles. The Morgan fingerprint density at radius 2 is 2.00 bits per heavy atom. The molecule has 1 amide bonds. The minimum absolute atomic E-state index is 0.111. The van der Waals surface area contributed by atoms with Crippen LogP contribution in [-0.4, -0.2) is 21.9 Å². The smallest absolute Gasteiger partial charge is 0.277 e. The second kappa shape index (κ2) is 6.42. The first-order chi connectivity index (χ1) is 9.52. The van der Waals surface area contributed by atoms with Crippen LogP contribution in [0.3, 0.4) is 0 Å². The van der Waals surface area contributed by atoms with Gasteiger partial charge in [-0.15, -0.1) is 10.2 Å². The number of ether oxygens (including phenoxy) is 1. The minimum atomic E-state index is -0.429. The fraction of sp³-hybridized carbons (Fsp3) is 0.308. The van der Waals surface area contributed by atoms with E-state index in [9.17, 15) is 4.79 Å². The normalized spacial score (nSPS) is 10.5. The number of aryl methyl sites for hydroxylation is 2.